The van der Waals surface area contributed by atoms with E-state index in [1.54, 1.807) is 10.9 Å². The van der Waals surface area contributed by atoms with E-state index in [0.29, 0.717) is 18.8 Å². The first-order valence-electron chi connectivity index (χ1n) is 8.74. The van der Waals surface area contributed by atoms with Crippen molar-refractivity contribution in [2.75, 3.05) is 24.5 Å². The summed E-state index contributed by atoms with van der Waals surface area (Å²) in [6.07, 6.45) is 3.42. The summed E-state index contributed by atoms with van der Waals surface area (Å²) in [7, 11) is 0. The highest BCUT2D eigenvalue weighted by atomic mass is 32.1. The monoisotopic (exact) mass is 355 g/mol. The fourth-order valence-corrected chi connectivity index (χ4v) is 4.53. The van der Waals surface area contributed by atoms with Crippen LogP contribution in [-0.4, -0.2) is 41.3 Å². The fourth-order valence-electron chi connectivity index (χ4n) is 4.01. The average Bonchev–Trinajstić information content (AvgIpc) is 3.20. The summed E-state index contributed by atoms with van der Waals surface area (Å²) >= 11 is 1.43. The standard InChI is InChI=1S/C19H21N3O2S/c23-17(16-13-25-14-20-16)21-11-8-19(9-12-21)7-4-10-22(18(19)24)15-5-2-1-3-6-15/h1-3,5-6,13-14H,4,7-12H2. The zero-order valence-corrected chi connectivity index (χ0v) is 14.9. The van der Waals surface area contributed by atoms with E-state index < -0.39 is 0 Å². The van der Waals surface area contributed by atoms with Gasteiger partial charge in [0.2, 0.25) is 5.91 Å². The van der Waals surface area contributed by atoms with Gasteiger partial charge >= 0.3 is 0 Å². The van der Waals surface area contributed by atoms with E-state index >= 15 is 0 Å². The van der Waals surface area contributed by atoms with Gasteiger partial charge in [0.25, 0.3) is 5.91 Å². The van der Waals surface area contributed by atoms with E-state index in [1.807, 2.05) is 40.1 Å². The molecule has 1 aromatic heterocycles. The van der Waals surface area contributed by atoms with Gasteiger partial charge in [0.05, 0.1) is 10.9 Å². The predicted molar refractivity (Wildman–Crippen MR) is 97.7 cm³/mol. The molecule has 0 N–H and O–H groups in total. The van der Waals surface area contributed by atoms with Gasteiger partial charge in [-0.25, -0.2) is 4.98 Å². The number of aromatic nitrogens is 1. The summed E-state index contributed by atoms with van der Waals surface area (Å²) in [6.45, 7) is 2.04. The fraction of sp³-hybridized carbons (Fsp3) is 0.421. The minimum atomic E-state index is -0.313. The van der Waals surface area contributed by atoms with E-state index in [4.69, 9.17) is 0 Å². The van der Waals surface area contributed by atoms with E-state index in [9.17, 15) is 9.59 Å². The lowest BCUT2D eigenvalue weighted by Gasteiger charge is -2.46. The molecule has 5 nitrogen and oxygen atoms in total. The number of nitrogens with zero attached hydrogens (tertiary/aromatic N) is 3. The maximum Gasteiger partial charge on any atom is 0.273 e. The normalized spacial score (nSPS) is 20.1. The zero-order chi connectivity index (χ0) is 17.3. The van der Waals surface area contributed by atoms with Crippen LogP contribution in [0.1, 0.15) is 36.2 Å². The minimum absolute atomic E-state index is 0.0146. The first-order valence-corrected chi connectivity index (χ1v) is 9.68. The Morgan fingerprint density at radius 2 is 1.84 bits per heavy atom. The van der Waals surface area contributed by atoms with Gasteiger partial charge in [0.15, 0.2) is 0 Å². The Balaban J connectivity index is 1.48. The van der Waals surface area contributed by atoms with Gasteiger partial charge in [0.1, 0.15) is 5.69 Å². The van der Waals surface area contributed by atoms with Crippen LogP contribution in [0.4, 0.5) is 5.69 Å². The van der Waals surface area contributed by atoms with Crippen molar-refractivity contribution in [2.24, 2.45) is 5.41 Å². The van der Waals surface area contributed by atoms with Crippen LogP contribution in [-0.2, 0) is 4.79 Å². The van der Waals surface area contributed by atoms with Gasteiger partial charge in [-0.3, -0.25) is 9.59 Å². The van der Waals surface area contributed by atoms with Crippen molar-refractivity contribution in [3.05, 3.63) is 46.9 Å². The maximum atomic E-state index is 13.2. The van der Waals surface area contributed by atoms with Crippen LogP contribution in [0.5, 0.6) is 0 Å². The largest absolute Gasteiger partial charge is 0.337 e. The highest BCUT2D eigenvalue weighted by Crippen LogP contribution is 2.42. The number of hydrogen-bond donors (Lipinski definition) is 0. The number of likely N-dealkylation sites (tertiary alicyclic amines) is 1. The molecule has 4 rings (SSSR count). The molecular weight excluding hydrogens is 334 g/mol. The molecule has 2 amide bonds. The van der Waals surface area contributed by atoms with Gasteiger partial charge in [0, 0.05) is 30.7 Å². The van der Waals surface area contributed by atoms with Crippen molar-refractivity contribution in [2.45, 2.75) is 25.7 Å². The lowest BCUT2D eigenvalue weighted by atomic mass is 9.71. The Hall–Kier alpha value is -2.21. The molecule has 0 radical (unpaired) electrons. The molecule has 2 aromatic rings. The Kier molecular flexibility index (Phi) is 4.29. The third-order valence-corrected chi connectivity index (χ3v) is 6.05. The molecule has 0 unspecified atom stereocenters. The number of benzene rings is 1. The van der Waals surface area contributed by atoms with Crippen molar-refractivity contribution < 1.29 is 9.59 Å². The molecule has 0 saturated carbocycles. The first kappa shape index (κ1) is 16.3. The summed E-state index contributed by atoms with van der Waals surface area (Å²) < 4.78 is 0. The molecule has 130 valence electrons. The van der Waals surface area contributed by atoms with E-state index in [-0.39, 0.29) is 17.2 Å². The van der Waals surface area contributed by atoms with Crippen LogP contribution in [0, 0.1) is 5.41 Å². The number of hydrogen-bond acceptors (Lipinski definition) is 4. The molecule has 1 aromatic carbocycles. The number of rotatable bonds is 2. The van der Waals surface area contributed by atoms with Crippen LogP contribution >= 0.6 is 11.3 Å². The van der Waals surface area contributed by atoms with Crippen molar-refractivity contribution in [3.8, 4) is 0 Å². The van der Waals surface area contributed by atoms with E-state index in [2.05, 4.69) is 4.98 Å². The molecule has 2 aliphatic heterocycles. The number of carbonyl (C=O) groups excluding carboxylic acids is 2. The molecule has 2 fully saturated rings. The molecule has 6 heteroatoms. The van der Waals surface area contributed by atoms with Gasteiger partial charge in [-0.2, -0.15) is 0 Å². The summed E-state index contributed by atoms with van der Waals surface area (Å²) in [5, 5.41) is 1.79. The van der Waals surface area contributed by atoms with Crippen LogP contribution in [0.15, 0.2) is 41.2 Å². The second-order valence-electron chi connectivity index (χ2n) is 6.84. The molecule has 25 heavy (non-hydrogen) atoms. The van der Waals surface area contributed by atoms with Crippen LogP contribution in [0.3, 0.4) is 0 Å². The summed E-state index contributed by atoms with van der Waals surface area (Å²) in [6, 6.07) is 9.91. The number of thiazole rings is 1. The van der Waals surface area contributed by atoms with Gasteiger partial charge in [-0.15, -0.1) is 11.3 Å². The third kappa shape index (κ3) is 2.95. The molecule has 2 aliphatic rings. The molecular formula is C19H21N3O2S. The molecule has 0 aliphatic carbocycles. The van der Waals surface area contributed by atoms with Crippen LogP contribution in [0.2, 0.25) is 0 Å². The predicted octanol–water partition coefficient (Wildman–Crippen LogP) is 3.19. The number of para-hydroxylation sites is 1. The number of amides is 2. The lowest BCUT2D eigenvalue weighted by molar-refractivity contribution is -0.133. The van der Waals surface area contributed by atoms with Crippen LogP contribution < -0.4 is 4.90 Å². The SMILES string of the molecule is O=C(c1cscn1)N1CCC2(CCCN(c3ccccc3)C2=O)CC1. The summed E-state index contributed by atoms with van der Waals surface area (Å²) in [4.78, 5) is 33.6. The van der Waals surface area contributed by atoms with E-state index in [1.165, 1.54) is 11.3 Å². The second-order valence-corrected chi connectivity index (χ2v) is 7.56. The Morgan fingerprint density at radius 3 is 2.52 bits per heavy atom. The van der Waals surface area contributed by atoms with Crippen molar-refractivity contribution in [1.82, 2.24) is 9.88 Å². The highest BCUT2D eigenvalue weighted by molar-refractivity contribution is 7.07. The summed E-state index contributed by atoms with van der Waals surface area (Å²) in [5.74, 6) is 0.213. The van der Waals surface area contributed by atoms with Crippen molar-refractivity contribution in [1.29, 1.82) is 0 Å². The molecule has 0 bridgehead atoms. The molecule has 3 heterocycles. The quantitative estimate of drug-likeness (QED) is 0.831. The van der Waals surface area contributed by atoms with Gasteiger partial charge < -0.3 is 9.80 Å². The van der Waals surface area contributed by atoms with Crippen molar-refractivity contribution >= 4 is 28.8 Å². The molecule has 0 atom stereocenters. The third-order valence-electron chi connectivity index (χ3n) is 5.46. The Labute approximate surface area is 151 Å². The smallest absolute Gasteiger partial charge is 0.273 e. The lowest BCUT2D eigenvalue weighted by Crippen LogP contribution is -2.54. The Bertz CT molecular complexity index is 752. The van der Waals surface area contributed by atoms with Crippen molar-refractivity contribution in [3.63, 3.8) is 0 Å². The highest BCUT2D eigenvalue weighted by Gasteiger charge is 2.46. The second kappa shape index (κ2) is 6.59. The Morgan fingerprint density at radius 1 is 1.08 bits per heavy atom. The van der Waals surface area contributed by atoms with E-state index in [0.717, 1.165) is 37.9 Å². The molecule has 2 saturated heterocycles. The maximum absolute atomic E-state index is 13.2. The van der Waals surface area contributed by atoms with Gasteiger partial charge in [-0.1, -0.05) is 18.2 Å². The van der Waals surface area contributed by atoms with Gasteiger partial charge in [-0.05, 0) is 37.8 Å². The van der Waals surface area contributed by atoms with Crippen LogP contribution in [0.25, 0.3) is 0 Å². The first-order chi connectivity index (χ1) is 12.2. The number of piperidine rings is 2. The zero-order valence-electron chi connectivity index (χ0n) is 14.1. The number of carbonyl (C=O) groups is 2. The average molecular weight is 355 g/mol. The minimum Gasteiger partial charge on any atom is -0.337 e. The number of anilines is 1. The molecule has 1 spiro atoms. The summed E-state index contributed by atoms with van der Waals surface area (Å²) in [5.41, 5.74) is 2.86. The topological polar surface area (TPSA) is 53.5 Å².